The molecule has 0 radical (unpaired) electrons. The Hall–Kier alpha value is -1.89. The number of carbonyl (C=O) groups is 1. The van der Waals surface area contributed by atoms with Crippen LogP contribution in [0.15, 0.2) is 41.1 Å². The van der Waals surface area contributed by atoms with Gasteiger partial charge in [0.15, 0.2) is 0 Å². The minimum absolute atomic E-state index is 0.0522. The molecule has 1 aromatic carbocycles. The van der Waals surface area contributed by atoms with Crippen LogP contribution in [0.25, 0.3) is 0 Å². The summed E-state index contributed by atoms with van der Waals surface area (Å²) in [5.41, 5.74) is 0.282. The second kappa shape index (κ2) is 5.85. The van der Waals surface area contributed by atoms with Crippen molar-refractivity contribution in [1.29, 1.82) is 0 Å². The number of anilines is 1. The summed E-state index contributed by atoms with van der Waals surface area (Å²) in [7, 11) is 0. The van der Waals surface area contributed by atoms with Crippen molar-refractivity contribution in [3.8, 4) is 0 Å². The average molecular weight is 359 g/mol. The molecule has 1 aromatic heterocycles. The SMILES string of the molecule is Cc1cncc(C(=O)Nc2cc(C(F)(F)F)ccc2Br)c1. The lowest BCUT2D eigenvalue weighted by Gasteiger charge is -2.12. The first-order valence-corrected chi connectivity index (χ1v) is 6.66. The van der Waals surface area contributed by atoms with Gasteiger partial charge >= 0.3 is 6.18 Å². The predicted molar refractivity (Wildman–Crippen MR) is 76.1 cm³/mol. The summed E-state index contributed by atoms with van der Waals surface area (Å²) in [6.45, 7) is 1.77. The zero-order valence-electron chi connectivity index (χ0n) is 10.8. The van der Waals surface area contributed by atoms with Crippen molar-refractivity contribution < 1.29 is 18.0 Å². The quantitative estimate of drug-likeness (QED) is 0.862. The Balaban J connectivity index is 2.29. The number of nitrogens with zero attached hydrogens (tertiary/aromatic N) is 1. The van der Waals surface area contributed by atoms with E-state index >= 15 is 0 Å². The van der Waals surface area contributed by atoms with Crippen LogP contribution in [0.2, 0.25) is 0 Å². The number of benzene rings is 1. The van der Waals surface area contributed by atoms with Gasteiger partial charge in [0, 0.05) is 16.9 Å². The fourth-order valence-corrected chi connectivity index (χ4v) is 2.02. The smallest absolute Gasteiger partial charge is 0.321 e. The lowest BCUT2D eigenvalue weighted by atomic mass is 10.1. The van der Waals surface area contributed by atoms with E-state index in [9.17, 15) is 18.0 Å². The lowest BCUT2D eigenvalue weighted by Crippen LogP contribution is -2.14. The van der Waals surface area contributed by atoms with Crippen LogP contribution >= 0.6 is 15.9 Å². The number of carbonyl (C=O) groups excluding carboxylic acids is 1. The van der Waals surface area contributed by atoms with Crippen LogP contribution in [-0.2, 0) is 6.18 Å². The number of hydrogen-bond donors (Lipinski definition) is 1. The van der Waals surface area contributed by atoms with Crippen LogP contribution < -0.4 is 5.32 Å². The van der Waals surface area contributed by atoms with Crippen LogP contribution in [0, 0.1) is 6.92 Å². The summed E-state index contributed by atoms with van der Waals surface area (Å²) < 4.78 is 38.4. The number of nitrogens with one attached hydrogen (secondary N) is 1. The van der Waals surface area contributed by atoms with Crippen molar-refractivity contribution in [3.05, 3.63) is 57.8 Å². The van der Waals surface area contributed by atoms with Crippen molar-refractivity contribution in [2.45, 2.75) is 13.1 Å². The number of pyridine rings is 1. The number of aromatic nitrogens is 1. The normalized spacial score (nSPS) is 11.3. The van der Waals surface area contributed by atoms with Crippen LogP contribution in [0.5, 0.6) is 0 Å². The average Bonchev–Trinajstić information content (AvgIpc) is 2.40. The van der Waals surface area contributed by atoms with Crippen LogP contribution in [0.4, 0.5) is 18.9 Å². The monoisotopic (exact) mass is 358 g/mol. The number of amides is 1. The first-order chi connectivity index (χ1) is 9.77. The Bertz CT molecular complexity index is 686. The van der Waals surface area contributed by atoms with E-state index in [1.807, 2.05) is 0 Å². The number of aryl methyl sites for hydroxylation is 1. The molecule has 0 aliphatic rings. The summed E-state index contributed by atoms with van der Waals surface area (Å²) in [4.78, 5) is 15.9. The van der Waals surface area contributed by atoms with E-state index < -0.39 is 17.6 Å². The van der Waals surface area contributed by atoms with Gasteiger partial charge in [0.2, 0.25) is 0 Å². The van der Waals surface area contributed by atoms with E-state index in [0.717, 1.165) is 17.7 Å². The van der Waals surface area contributed by atoms with Gasteiger partial charge in [-0.3, -0.25) is 9.78 Å². The Kier molecular flexibility index (Phi) is 4.32. The predicted octanol–water partition coefficient (Wildman–Crippen LogP) is 4.42. The molecule has 1 N–H and O–H groups in total. The number of alkyl halides is 3. The molecular weight excluding hydrogens is 349 g/mol. The molecule has 3 nitrogen and oxygen atoms in total. The highest BCUT2D eigenvalue weighted by Gasteiger charge is 2.31. The Morgan fingerprint density at radius 1 is 1.24 bits per heavy atom. The van der Waals surface area contributed by atoms with Crippen molar-refractivity contribution in [2.75, 3.05) is 5.32 Å². The topological polar surface area (TPSA) is 42.0 Å². The minimum Gasteiger partial charge on any atom is -0.321 e. The molecule has 0 bridgehead atoms. The van der Waals surface area contributed by atoms with Crippen LogP contribution in [-0.4, -0.2) is 10.9 Å². The first kappa shape index (κ1) is 15.5. The fourth-order valence-electron chi connectivity index (χ4n) is 1.67. The van der Waals surface area contributed by atoms with Crippen molar-refractivity contribution in [3.63, 3.8) is 0 Å². The van der Waals surface area contributed by atoms with Gasteiger partial charge in [0.1, 0.15) is 0 Å². The third-order valence-corrected chi connectivity index (χ3v) is 3.37. The largest absolute Gasteiger partial charge is 0.416 e. The summed E-state index contributed by atoms with van der Waals surface area (Å²) in [6.07, 6.45) is -1.54. The first-order valence-electron chi connectivity index (χ1n) is 5.87. The zero-order chi connectivity index (χ0) is 15.6. The third kappa shape index (κ3) is 3.81. The zero-order valence-corrected chi connectivity index (χ0v) is 12.4. The molecule has 2 rings (SSSR count). The molecule has 2 aromatic rings. The number of halogens is 4. The lowest BCUT2D eigenvalue weighted by molar-refractivity contribution is -0.137. The van der Waals surface area contributed by atoms with E-state index in [1.165, 1.54) is 12.3 Å². The van der Waals surface area contributed by atoms with Gasteiger partial charge in [-0.25, -0.2) is 0 Å². The van der Waals surface area contributed by atoms with Crippen molar-refractivity contribution in [2.24, 2.45) is 0 Å². The maximum atomic E-state index is 12.7. The highest BCUT2D eigenvalue weighted by atomic mass is 79.9. The van der Waals surface area contributed by atoms with Crippen molar-refractivity contribution in [1.82, 2.24) is 4.98 Å². The summed E-state index contributed by atoms with van der Waals surface area (Å²) in [5, 5.41) is 2.44. The molecule has 0 aliphatic heterocycles. The molecule has 0 saturated carbocycles. The van der Waals surface area contributed by atoms with E-state index in [2.05, 4.69) is 26.2 Å². The molecule has 7 heteroatoms. The molecule has 1 heterocycles. The van der Waals surface area contributed by atoms with E-state index in [-0.39, 0.29) is 11.3 Å². The maximum absolute atomic E-state index is 12.7. The van der Waals surface area contributed by atoms with Gasteiger partial charge in [0.25, 0.3) is 5.91 Å². The van der Waals surface area contributed by atoms with Crippen LogP contribution in [0.3, 0.4) is 0 Å². The Morgan fingerprint density at radius 3 is 2.57 bits per heavy atom. The van der Waals surface area contributed by atoms with Gasteiger partial charge in [-0.05, 0) is 52.7 Å². The second-order valence-corrected chi connectivity index (χ2v) is 5.25. The molecule has 21 heavy (non-hydrogen) atoms. The van der Waals surface area contributed by atoms with Gasteiger partial charge in [-0.1, -0.05) is 0 Å². The highest BCUT2D eigenvalue weighted by Crippen LogP contribution is 2.34. The standard InChI is InChI=1S/C14H10BrF3N2O/c1-8-4-9(7-19-6-8)13(21)20-12-5-10(14(16,17)18)2-3-11(12)15/h2-7H,1H3,(H,20,21). The molecule has 110 valence electrons. The van der Waals surface area contributed by atoms with E-state index in [4.69, 9.17) is 0 Å². The van der Waals surface area contributed by atoms with E-state index in [0.29, 0.717) is 4.47 Å². The Morgan fingerprint density at radius 2 is 1.95 bits per heavy atom. The summed E-state index contributed by atoms with van der Waals surface area (Å²) in [6, 6.07) is 4.66. The number of rotatable bonds is 2. The molecule has 0 spiro atoms. The molecular formula is C14H10BrF3N2O. The van der Waals surface area contributed by atoms with Gasteiger partial charge in [-0.15, -0.1) is 0 Å². The highest BCUT2D eigenvalue weighted by molar-refractivity contribution is 9.10. The van der Waals surface area contributed by atoms with Gasteiger partial charge in [-0.2, -0.15) is 13.2 Å². The van der Waals surface area contributed by atoms with Crippen molar-refractivity contribution >= 4 is 27.5 Å². The maximum Gasteiger partial charge on any atom is 0.416 e. The molecule has 0 saturated heterocycles. The Labute approximate surface area is 127 Å². The summed E-state index contributed by atoms with van der Waals surface area (Å²) >= 11 is 3.12. The fraction of sp³-hybridized carbons (Fsp3) is 0.143. The second-order valence-electron chi connectivity index (χ2n) is 4.40. The molecule has 0 atom stereocenters. The van der Waals surface area contributed by atoms with Crippen LogP contribution in [0.1, 0.15) is 21.5 Å². The van der Waals surface area contributed by atoms with E-state index in [1.54, 1.807) is 19.2 Å². The molecule has 1 amide bonds. The summed E-state index contributed by atoms with van der Waals surface area (Å²) in [5.74, 6) is -0.522. The molecule has 0 fully saturated rings. The minimum atomic E-state index is -4.47. The third-order valence-electron chi connectivity index (χ3n) is 2.68. The molecule has 0 aliphatic carbocycles. The molecule has 0 unspecified atom stereocenters. The number of hydrogen-bond acceptors (Lipinski definition) is 2. The van der Waals surface area contributed by atoms with Gasteiger partial charge in [0.05, 0.1) is 16.8 Å². The van der Waals surface area contributed by atoms with Gasteiger partial charge < -0.3 is 5.32 Å².